The van der Waals surface area contributed by atoms with Crippen molar-refractivity contribution >= 4 is 23.2 Å². The van der Waals surface area contributed by atoms with Crippen molar-refractivity contribution < 1.29 is 9.53 Å². The Kier molecular flexibility index (Phi) is 4.62. The first-order valence-corrected chi connectivity index (χ1v) is 7.95. The summed E-state index contributed by atoms with van der Waals surface area (Å²) >= 11 is 6.00. The zero-order chi connectivity index (χ0) is 16.5. The zero-order valence-corrected chi connectivity index (χ0v) is 14.8. The molecule has 1 aliphatic rings. The van der Waals surface area contributed by atoms with Crippen molar-refractivity contribution in [2.24, 2.45) is 5.41 Å². The Morgan fingerprint density at radius 1 is 1.36 bits per heavy atom. The van der Waals surface area contributed by atoms with Crippen LogP contribution in [0.4, 0.5) is 5.69 Å². The van der Waals surface area contributed by atoms with Crippen molar-refractivity contribution in [3.63, 3.8) is 0 Å². The quantitative estimate of drug-likeness (QED) is 0.895. The van der Waals surface area contributed by atoms with Crippen molar-refractivity contribution in [1.82, 2.24) is 4.90 Å². The molecule has 5 heteroatoms. The molecule has 0 unspecified atom stereocenters. The maximum atomic E-state index is 12.4. The van der Waals surface area contributed by atoms with Gasteiger partial charge in [-0.15, -0.1) is 0 Å². The zero-order valence-electron chi connectivity index (χ0n) is 14.0. The first kappa shape index (κ1) is 16.9. The summed E-state index contributed by atoms with van der Waals surface area (Å²) < 4.78 is 5.28. The molecule has 1 aromatic carbocycles. The van der Waals surface area contributed by atoms with Gasteiger partial charge >= 0.3 is 0 Å². The number of anilines is 1. The minimum Gasteiger partial charge on any atom is -0.495 e. The highest BCUT2D eigenvalue weighted by atomic mass is 35.5. The SMILES string of the molecule is COc1ccc(Cl)cc1NCCC(=O)N1CC(C)(C)C1(C)C. The van der Waals surface area contributed by atoms with Crippen LogP contribution in [0.15, 0.2) is 18.2 Å². The van der Waals surface area contributed by atoms with Gasteiger partial charge in [0.25, 0.3) is 0 Å². The molecule has 1 amide bonds. The highest BCUT2D eigenvalue weighted by molar-refractivity contribution is 6.30. The van der Waals surface area contributed by atoms with E-state index in [-0.39, 0.29) is 16.9 Å². The number of carbonyl (C=O) groups is 1. The maximum absolute atomic E-state index is 12.4. The second-order valence-corrected chi connectivity index (χ2v) is 7.38. The second-order valence-electron chi connectivity index (χ2n) is 6.94. The van der Waals surface area contributed by atoms with Crippen LogP contribution in [0.5, 0.6) is 5.75 Å². The molecule has 1 heterocycles. The molecule has 22 heavy (non-hydrogen) atoms. The Hall–Kier alpha value is -1.42. The number of ether oxygens (including phenoxy) is 1. The normalized spacial score (nSPS) is 18.5. The third-order valence-electron chi connectivity index (χ3n) is 5.00. The summed E-state index contributed by atoms with van der Waals surface area (Å²) in [6.07, 6.45) is 0.454. The molecule has 0 saturated carbocycles. The van der Waals surface area contributed by atoms with E-state index in [1.807, 2.05) is 17.0 Å². The van der Waals surface area contributed by atoms with Gasteiger partial charge in [0.05, 0.1) is 12.8 Å². The van der Waals surface area contributed by atoms with Gasteiger partial charge in [0, 0.05) is 35.5 Å². The molecule has 1 aliphatic heterocycles. The number of nitrogens with zero attached hydrogens (tertiary/aromatic N) is 1. The van der Waals surface area contributed by atoms with Gasteiger partial charge in [-0.25, -0.2) is 0 Å². The Labute approximate surface area is 137 Å². The number of amides is 1. The molecule has 0 bridgehead atoms. The average Bonchev–Trinajstić information content (AvgIpc) is 2.45. The minimum absolute atomic E-state index is 0.0855. The Bertz CT molecular complexity index is 570. The molecule has 0 atom stereocenters. The van der Waals surface area contributed by atoms with Gasteiger partial charge in [-0.3, -0.25) is 4.79 Å². The van der Waals surface area contributed by atoms with E-state index in [1.54, 1.807) is 13.2 Å². The lowest BCUT2D eigenvalue weighted by atomic mass is 9.65. The van der Waals surface area contributed by atoms with E-state index < -0.39 is 0 Å². The molecule has 1 aromatic rings. The molecule has 1 saturated heterocycles. The number of methoxy groups -OCH3 is 1. The molecule has 1 fully saturated rings. The molecule has 0 spiro atoms. The summed E-state index contributed by atoms with van der Waals surface area (Å²) in [5, 5.41) is 3.87. The molecule has 0 aliphatic carbocycles. The summed E-state index contributed by atoms with van der Waals surface area (Å²) in [5.41, 5.74) is 0.899. The van der Waals surface area contributed by atoms with Gasteiger partial charge in [0.15, 0.2) is 0 Å². The smallest absolute Gasteiger partial charge is 0.224 e. The van der Waals surface area contributed by atoms with Crippen LogP contribution >= 0.6 is 11.6 Å². The van der Waals surface area contributed by atoms with E-state index >= 15 is 0 Å². The fourth-order valence-electron chi connectivity index (χ4n) is 2.72. The standard InChI is InChI=1S/C17H25ClN2O2/c1-16(2)11-20(17(16,3)4)15(21)8-9-19-13-10-12(18)6-7-14(13)22-5/h6-7,10,19H,8-9,11H2,1-5H3. The molecular weight excluding hydrogens is 300 g/mol. The fourth-order valence-corrected chi connectivity index (χ4v) is 2.89. The van der Waals surface area contributed by atoms with Crippen LogP contribution in [0.3, 0.4) is 0 Å². The molecule has 1 N–H and O–H groups in total. The lowest BCUT2D eigenvalue weighted by molar-refractivity contribution is -0.166. The molecule has 2 rings (SSSR count). The predicted molar refractivity (Wildman–Crippen MR) is 90.7 cm³/mol. The van der Waals surface area contributed by atoms with Crippen molar-refractivity contribution in [3.8, 4) is 5.75 Å². The third-order valence-corrected chi connectivity index (χ3v) is 5.24. The van der Waals surface area contributed by atoms with Gasteiger partial charge in [-0.05, 0) is 32.0 Å². The summed E-state index contributed by atoms with van der Waals surface area (Å²) in [6, 6.07) is 5.40. The summed E-state index contributed by atoms with van der Waals surface area (Å²) in [6.45, 7) is 10.0. The lowest BCUT2D eigenvalue weighted by Crippen LogP contribution is -2.70. The van der Waals surface area contributed by atoms with Gasteiger partial charge in [-0.1, -0.05) is 25.4 Å². The number of hydrogen-bond donors (Lipinski definition) is 1. The molecule has 4 nitrogen and oxygen atoms in total. The molecule has 0 radical (unpaired) electrons. The van der Waals surface area contributed by atoms with Crippen LogP contribution < -0.4 is 10.1 Å². The Morgan fingerprint density at radius 3 is 2.59 bits per heavy atom. The predicted octanol–water partition coefficient (Wildman–Crippen LogP) is 3.80. The third kappa shape index (κ3) is 3.02. The van der Waals surface area contributed by atoms with Crippen LogP contribution in [0, 0.1) is 5.41 Å². The molecule has 0 aromatic heterocycles. The monoisotopic (exact) mass is 324 g/mol. The van der Waals surface area contributed by atoms with Crippen LogP contribution in [0.25, 0.3) is 0 Å². The lowest BCUT2D eigenvalue weighted by Gasteiger charge is -2.61. The van der Waals surface area contributed by atoms with Gasteiger partial charge in [0.1, 0.15) is 5.75 Å². The number of benzene rings is 1. The van der Waals surface area contributed by atoms with Crippen LogP contribution in [-0.4, -0.2) is 36.5 Å². The highest BCUT2D eigenvalue weighted by Crippen LogP contribution is 2.46. The van der Waals surface area contributed by atoms with Crippen molar-refractivity contribution in [3.05, 3.63) is 23.2 Å². The number of carbonyl (C=O) groups excluding carboxylic acids is 1. The van der Waals surface area contributed by atoms with Gasteiger partial charge in [-0.2, -0.15) is 0 Å². The maximum Gasteiger partial charge on any atom is 0.224 e. The largest absolute Gasteiger partial charge is 0.495 e. The van der Waals surface area contributed by atoms with Crippen molar-refractivity contribution in [1.29, 1.82) is 0 Å². The fraction of sp³-hybridized carbons (Fsp3) is 0.588. The van der Waals surface area contributed by atoms with E-state index in [4.69, 9.17) is 16.3 Å². The summed E-state index contributed by atoms with van der Waals surface area (Å²) in [5.74, 6) is 0.903. The topological polar surface area (TPSA) is 41.6 Å². The number of rotatable bonds is 5. The summed E-state index contributed by atoms with van der Waals surface area (Å²) in [7, 11) is 1.62. The molecule has 122 valence electrons. The van der Waals surface area contributed by atoms with E-state index in [1.165, 1.54) is 0 Å². The van der Waals surface area contributed by atoms with Crippen LogP contribution in [-0.2, 0) is 4.79 Å². The number of halogens is 1. The van der Waals surface area contributed by atoms with E-state index in [0.717, 1.165) is 18.0 Å². The summed E-state index contributed by atoms with van der Waals surface area (Å²) in [4.78, 5) is 14.3. The van der Waals surface area contributed by atoms with Crippen molar-refractivity contribution in [2.75, 3.05) is 25.5 Å². The first-order chi connectivity index (χ1) is 10.2. The van der Waals surface area contributed by atoms with E-state index in [0.29, 0.717) is 18.0 Å². The average molecular weight is 325 g/mol. The second kappa shape index (κ2) is 5.99. The van der Waals surface area contributed by atoms with Gasteiger partial charge < -0.3 is 15.0 Å². The van der Waals surface area contributed by atoms with Crippen LogP contribution in [0.2, 0.25) is 5.02 Å². The number of likely N-dealkylation sites (tertiary alicyclic amines) is 1. The number of hydrogen-bond acceptors (Lipinski definition) is 3. The van der Waals surface area contributed by atoms with E-state index in [9.17, 15) is 4.79 Å². The molecular formula is C17H25ClN2O2. The Balaban J connectivity index is 1.90. The van der Waals surface area contributed by atoms with Crippen LogP contribution in [0.1, 0.15) is 34.1 Å². The first-order valence-electron chi connectivity index (χ1n) is 7.57. The Morgan fingerprint density at radius 2 is 2.05 bits per heavy atom. The van der Waals surface area contributed by atoms with Gasteiger partial charge in [0.2, 0.25) is 5.91 Å². The number of nitrogens with one attached hydrogen (secondary N) is 1. The van der Waals surface area contributed by atoms with E-state index in [2.05, 4.69) is 33.0 Å². The highest BCUT2D eigenvalue weighted by Gasteiger charge is 2.54. The van der Waals surface area contributed by atoms with Crippen molar-refractivity contribution in [2.45, 2.75) is 39.7 Å². The minimum atomic E-state index is -0.0855.